The average Bonchev–Trinajstić information content (AvgIpc) is 2.83. The highest BCUT2D eigenvalue weighted by Gasteiger charge is 2.11. The van der Waals surface area contributed by atoms with Crippen LogP contribution in [-0.4, -0.2) is 16.5 Å². The molecule has 0 atom stereocenters. The minimum Gasteiger partial charge on any atom is -0.494 e. The van der Waals surface area contributed by atoms with Gasteiger partial charge >= 0.3 is 0 Å². The number of hydrogen-bond donors (Lipinski definition) is 0. The molecule has 18 heavy (non-hydrogen) atoms. The summed E-state index contributed by atoms with van der Waals surface area (Å²) < 4.78 is 8.39. The highest BCUT2D eigenvalue weighted by molar-refractivity contribution is 9.10. The second-order valence-corrected chi connectivity index (χ2v) is 4.75. The number of methoxy groups -OCH3 is 1. The fourth-order valence-corrected chi connectivity index (χ4v) is 2.47. The van der Waals surface area contributed by atoms with Crippen LogP contribution in [0.25, 0.3) is 16.9 Å². The third kappa shape index (κ3) is 1.69. The molecular formula is C14H11BrN2O. The molecule has 90 valence electrons. The predicted octanol–water partition coefficient (Wildman–Crippen LogP) is 3.77. The van der Waals surface area contributed by atoms with E-state index in [-0.39, 0.29) is 0 Å². The number of hydrogen-bond acceptors (Lipinski definition) is 2. The highest BCUT2D eigenvalue weighted by Crippen LogP contribution is 2.29. The molecule has 3 aromatic rings. The summed E-state index contributed by atoms with van der Waals surface area (Å²) in [5, 5.41) is 0. The van der Waals surface area contributed by atoms with Crippen molar-refractivity contribution in [3.63, 3.8) is 0 Å². The first-order valence-electron chi connectivity index (χ1n) is 5.56. The number of benzene rings is 1. The molecule has 0 saturated carbocycles. The maximum atomic E-state index is 5.33. The van der Waals surface area contributed by atoms with E-state index in [0.717, 1.165) is 27.1 Å². The molecule has 0 N–H and O–H groups in total. The van der Waals surface area contributed by atoms with Crippen LogP contribution in [0.1, 0.15) is 0 Å². The summed E-state index contributed by atoms with van der Waals surface area (Å²) in [5.74, 6) is 1.72. The molecule has 0 aliphatic heterocycles. The van der Waals surface area contributed by atoms with Crippen LogP contribution in [0.15, 0.2) is 53.3 Å². The molecule has 0 saturated heterocycles. The zero-order valence-electron chi connectivity index (χ0n) is 9.80. The Labute approximate surface area is 113 Å². The van der Waals surface area contributed by atoms with Gasteiger partial charge in [-0.3, -0.25) is 4.40 Å². The van der Waals surface area contributed by atoms with Gasteiger partial charge in [0.15, 0.2) is 0 Å². The van der Waals surface area contributed by atoms with Crippen molar-refractivity contribution < 1.29 is 4.74 Å². The number of aromatic nitrogens is 2. The topological polar surface area (TPSA) is 26.5 Å². The normalized spacial score (nSPS) is 10.8. The Morgan fingerprint density at radius 1 is 1.17 bits per heavy atom. The van der Waals surface area contributed by atoms with Crippen molar-refractivity contribution in [1.29, 1.82) is 0 Å². The van der Waals surface area contributed by atoms with Crippen molar-refractivity contribution in [3.8, 4) is 17.1 Å². The van der Waals surface area contributed by atoms with E-state index in [1.807, 2.05) is 53.2 Å². The van der Waals surface area contributed by atoms with Crippen molar-refractivity contribution in [1.82, 2.24) is 9.38 Å². The third-order valence-electron chi connectivity index (χ3n) is 2.87. The van der Waals surface area contributed by atoms with Gasteiger partial charge in [0.25, 0.3) is 0 Å². The van der Waals surface area contributed by atoms with E-state index in [9.17, 15) is 0 Å². The lowest BCUT2D eigenvalue weighted by molar-refractivity contribution is 0.418. The summed E-state index contributed by atoms with van der Waals surface area (Å²) in [4.78, 5) is 4.49. The first-order chi connectivity index (χ1) is 8.81. The van der Waals surface area contributed by atoms with E-state index < -0.39 is 0 Å². The summed E-state index contributed by atoms with van der Waals surface area (Å²) >= 11 is 3.55. The smallest absolute Gasteiger partial charge is 0.145 e. The first-order valence-corrected chi connectivity index (χ1v) is 6.35. The lowest BCUT2D eigenvalue weighted by atomic mass is 10.2. The molecule has 1 aromatic carbocycles. The lowest BCUT2D eigenvalue weighted by Crippen LogP contribution is -1.92. The number of nitrogens with zero attached hydrogens (tertiary/aromatic N) is 2. The van der Waals surface area contributed by atoms with Crippen molar-refractivity contribution in [2.24, 2.45) is 0 Å². The largest absolute Gasteiger partial charge is 0.494 e. The van der Waals surface area contributed by atoms with Gasteiger partial charge in [0, 0.05) is 16.2 Å². The second kappa shape index (κ2) is 4.46. The van der Waals surface area contributed by atoms with Gasteiger partial charge < -0.3 is 4.74 Å². The molecule has 0 aliphatic rings. The molecule has 0 unspecified atom stereocenters. The lowest BCUT2D eigenvalue weighted by Gasteiger charge is -2.05. The van der Waals surface area contributed by atoms with Gasteiger partial charge in [-0.25, -0.2) is 4.98 Å². The van der Waals surface area contributed by atoms with Crippen molar-refractivity contribution in [2.75, 3.05) is 7.11 Å². The van der Waals surface area contributed by atoms with E-state index in [2.05, 4.69) is 20.9 Å². The van der Waals surface area contributed by atoms with Crippen LogP contribution < -0.4 is 4.74 Å². The molecule has 2 heterocycles. The Balaban J connectivity index is 2.29. The van der Waals surface area contributed by atoms with Crippen molar-refractivity contribution >= 4 is 21.4 Å². The molecule has 2 aromatic heterocycles. The molecule has 4 heteroatoms. The molecule has 0 spiro atoms. The third-order valence-corrected chi connectivity index (χ3v) is 3.56. The van der Waals surface area contributed by atoms with Crippen LogP contribution in [0.5, 0.6) is 5.75 Å². The predicted molar refractivity (Wildman–Crippen MR) is 74.9 cm³/mol. The standard InChI is InChI=1S/C14H11BrN2O/c1-18-13-7-4-8-17-12(13)9-16-14(17)10-5-2-3-6-11(10)15/h2-9H,1H3. The molecule has 3 nitrogen and oxygen atoms in total. The highest BCUT2D eigenvalue weighted by atomic mass is 79.9. The van der Waals surface area contributed by atoms with Gasteiger partial charge in [-0.15, -0.1) is 0 Å². The fraction of sp³-hybridized carbons (Fsp3) is 0.0714. The Bertz CT molecular complexity index is 706. The fourth-order valence-electron chi connectivity index (χ4n) is 2.01. The summed E-state index contributed by atoms with van der Waals surface area (Å²) in [5.41, 5.74) is 2.02. The Hall–Kier alpha value is -1.81. The Morgan fingerprint density at radius 3 is 2.78 bits per heavy atom. The Morgan fingerprint density at radius 2 is 2.00 bits per heavy atom. The van der Waals surface area contributed by atoms with Gasteiger partial charge in [0.1, 0.15) is 17.1 Å². The Kier molecular flexibility index (Phi) is 2.80. The number of pyridine rings is 1. The van der Waals surface area contributed by atoms with Crippen LogP contribution in [0, 0.1) is 0 Å². The van der Waals surface area contributed by atoms with E-state index in [1.54, 1.807) is 7.11 Å². The molecular weight excluding hydrogens is 292 g/mol. The minimum absolute atomic E-state index is 0.823. The van der Waals surface area contributed by atoms with Crippen LogP contribution in [0.3, 0.4) is 0 Å². The van der Waals surface area contributed by atoms with E-state index in [1.165, 1.54) is 0 Å². The molecule has 0 radical (unpaired) electrons. The summed E-state index contributed by atoms with van der Waals surface area (Å²) in [6.45, 7) is 0. The second-order valence-electron chi connectivity index (χ2n) is 3.89. The zero-order valence-corrected chi connectivity index (χ0v) is 11.4. The summed E-state index contributed by atoms with van der Waals surface area (Å²) in [6.07, 6.45) is 3.81. The quantitative estimate of drug-likeness (QED) is 0.720. The number of fused-ring (bicyclic) bond motifs is 1. The molecule has 0 amide bonds. The van der Waals surface area contributed by atoms with Gasteiger partial charge in [-0.05, 0) is 18.2 Å². The van der Waals surface area contributed by atoms with E-state index in [4.69, 9.17) is 4.74 Å². The van der Waals surface area contributed by atoms with E-state index >= 15 is 0 Å². The van der Waals surface area contributed by atoms with E-state index in [0.29, 0.717) is 0 Å². The minimum atomic E-state index is 0.823. The molecule has 0 aliphatic carbocycles. The van der Waals surface area contributed by atoms with Gasteiger partial charge in [-0.1, -0.05) is 34.1 Å². The number of halogens is 1. The summed E-state index contributed by atoms with van der Waals surface area (Å²) in [6, 6.07) is 11.9. The molecule has 0 fully saturated rings. The van der Waals surface area contributed by atoms with Crippen LogP contribution in [0.4, 0.5) is 0 Å². The van der Waals surface area contributed by atoms with Crippen LogP contribution >= 0.6 is 15.9 Å². The monoisotopic (exact) mass is 302 g/mol. The van der Waals surface area contributed by atoms with Gasteiger partial charge in [0.2, 0.25) is 0 Å². The maximum Gasteiger partial charge on any atom is 0.145 e. The maximum absolute atomic E-state index is 5.33. The molecule has 3 rings (SSSR count). The first kappa shape index (κ1) is 11.3. The van der Waals surface area contributed by atoms with Crippen molar-refractivity contribution in [2.45, 2.75) is 0 Å². The van der Waals surface area contributed by atoms with Crippen molar-refractivity contribution in [3.05, 3.63) is 53.3 Å². The SMILES string of the molecule is COc1cccn2c(-c3ccccc3Br)ncc12. The number of imidazole rings is 1. The number of rotatable bonds is 2. The average molecular weight is 303 g/mol. The van der Waals surface area contributed by atoms with Crippen LogP contribution in [0.2, 0.25) is 0 Å². The van der Waals surface area contributed by atoms with Gasteiger partial charge in [-0.2, -0.15) is 0 Å². The van der Waals surface area contributed by atoms with Crippen LogP contribution in [-0.2, 0) is 0 Å². The van der Waals surface area contributed by atoms with Gasteiger partial charge in [0.05, 0.1) is 13.3 Å². The molecule has 0 bridgehead atoms. The zero-order chi connectivity index (χ0) is 12.5. The number of ether oxygens (including phenoxy) is 1. The summed E-state index contributed by atoms with van der Waals surface area (Å²) in [7, 11) is 1.67.